The molecule has 17 heavy (non-hydrogen) atoms. The van der Waals surface area contributed by atoms with Crippen molar-refractivity contribution >= 4 is 10.0 Å². The third-order valence-electron chi connectivity index (χ3n) is 3.74. The van der Waals surface area contributed by atoms with E-state index in [9.17, 15) is 8.42 Å². The standard InChI is InChI=1S/C13H27NO2S/c1-13(2)9-6-4-5-7-11-14(12-8-10-13)17(3,15)16/h4-12H2,1-3H3. The van der Waals surface area contributed by atoms with Crippen LogP contribution < -0.4 is 0 Å². The molecule has 0 bridgehead atoms. The van der Waals surface area contributed by atoms with E-state index < -0.39 is 10.0 Å². The van der Waals surface area contributed by atoms with Gasteiger partial charge < -0.3 is 0 Å². The van der Waals surface area contributed by atoms with Crippen LogP contribution in [0.5, 0.6) is 0 Å². The summed E-state index contributed by atoms with van der Waals surface area (Å²) in [6, 6.07) is 0. The Morgan fingerprint density at radius 1 is 0.882 bits per heavy atom. The molecule has 4 heteroatoms. The Balaban J connectivity index is 2.61. The Morgan fingerprint density at radius 3 is 2.06 bits per heavy atom. The maximum atomic E-state index is 11.6. The highest BCUT2D eigenvalue weighted by Crippen LogP contribution is 2.30. The SMILES string of the molecule is CC1(C)CCCCCCN(S(C)(=O)=O)CCC1. The molecule has 1 rings (SSSR count). The second kappa shape index (κ2) is 6.19. The molecule has 0 unspecified atom stereocenters. The van der Waals surface area contributed by atoms with Crippen LogP contribution in [0.25, 0.3) is 0 Å². The van der Waals surface area contributed by atoms with E-state index in [0.717, 1.165) is 25.7 Å². The van der Waals surface area contributed by atoms with Crippen LogP contribution >= 0.6 is 0 Å². The van der Waals surface area contributed by atoms with Crippen molar-refractivity contribution < 1.29 is 8.42 Å². The molecular formula is C13H27NO2S. The average Bonchev–Trinajstić information content (AvgIpc) is 2.21. The minimum absolute atomic E-state index is 0.369. The number of hydrogen-bond acceptors (Lipinski definition) is 2. The summed E-state index contributed by atoms with van der Waals surface area (Å²) >= 11 is 0. The van der Waals surface area contributed by atoms with Crippen molar-refractivity contribution in [1.29, 1.82) is 0 Å². The van der Waals surface area contributed by atoms with E-state index in [1.165, 1.54) is 25.5 Å². The highest BCUT2D eigenvalue weighted by Gasteiger charge is 2.21. The van der Waals surface area contributed by atoms with Crippen molar-refractivity contribution in [2.75, 3.05) is 19.3 Å². The van der Waals surface area contributed by atoms with Gasteiger partial charge in [-0.1, -0.05) is 33.1 Å². The number of nitrogens with zero attached hydrogens (tertiary/aromatic N) is 1. The van der Waals surface area contributed by atoms with Gasteiger partial charge in [0.1, 0.15) is 0 Å². The minimum Gasteiger partial charge on any atom is -0.213 e. The zero-order valence-electron chi connectivity index (χ0n) is 11.5. The van der Waals surface area contributed by atoms with Gasteiger partial charge in [0.25, 0.3) is 0 Å². The fraction of sp³-hybridized carbons (Fsp3) is 1.00. The molecule has 0 spiro atoms. The molecule has 0 atom stereocenters. The smallest absolute Gasteiger partial charge is 0.211 e. The van der Waals surface area contributed by atoms with Crippen molar-refractivity contribution in [1.82, 2.24) is 4.31 Å². The first-order valence-electron chi connectivity index (χ1n) is 6.76. The number of sulfonamides is 1. The number of hydrogen-bond donors (Lipinski definition) is 0. The predicted octanol–water partition coefficient (Wildman–Crippen LogP) is 3.02. The first-order valence-corrected chi connectivity index (χ1v) is 8.61. The van der Waals surface area contributed by atoms with Gasteiger partial charge in [0.05, 0.1) is 6.26 Å². The quantitative estimate of drug-likeness (QED) is 0.727. The molecule has 102 valence electrons. The van der Waals surface area contributed by atoms with Crippen molar-refractivity contribution in [2.45, 2.75) is 58.8 Å². The Kier molecular flexibility index (Phi) is 5.45. The van der Waals surface area contributed by atoms with E-state index in [4.69, 9.17) is 0 Å². The van der Waals surface area contributed by atoms with Gasteiger partial charge in [0, 0.05) is 13.1 Å². The molecule has 1 heterocycles. The molecule has 1 aliphatic rings. The fourth-order valence-corrected chi connectivity index (χ4v) is 3.47. The average molecular weight is 261 g/mol. The zero-order chi connectivity index (χ0) is 12.9. The lowest BCUT2D eigenvalue weighted by Gasteiger charge is -2.25. The normalized spacial score (nSPS) is 25.1. The Labute approximate surface area is 107 Å². The highest BCUT2D eigenvalue weighted by atomic mass is 32.2. The summed E-state index contributed by atoms with van der Waals surface area (Å²) in [7, 11) is -3.01. The molecule has 0 aliphatic carbocycles. The topological polar surface area (TPSA) is 37.4 Å². The van der Waals surface area contributed by atoms with Crippen LogP contribution in [0.3, 0.4) is 0 Å². The summed E-state index contributed by atoms with van der Waals surface area (Å²) in [5.41, 5.74) is 0.369. The molecule has 3 nitrogen and oxygen atoms in total. The van der Waals surface area contributed by atoms with E-state index in [0.29, 0.717) is 18.5 Å². The summed E-state index contributed by atoms with van der Waals surface area (Å²) in [4.78, 5) is 0. The zero-order valence-corrected chi connectivity index (χ0v) is 12.4. The molecule has 0 aromatic carbocycles. The molecule has 0 saturated carbocycles. The molecular weight excluding hydrogens is 234 g/mol. The van der Waals surface area contributed by atoms with E-state index in [1.807, 2.05) is 0 Å². The van der Waals surface area contributed by atoms with Crippen LogP contribution in [-0.4, -0.2) is 32.1 Å². The van der Waals surface area contributed by atoms with Crippen LogP contribution in [0.1, 0.15) is 58.8 Å². The second-order valence-corrected chi connectivity index (χ2v) is 8.08. The third-order valence-corrected chi connectivity index (χ3v) is 5.04. The molecule has 0 amide bonds. The van der Waals surface area contributed by atoms with Gasteiger partial charge in [-0.2, -0.15) is 0 Å². The van der Waals surface area contributed by atoms with Crippen molar-refractivity contribution in [3.63, 3.8) is 0 Å². The van der Waals surface area contributed by atoms with Gasteiger partial charge in [-0.25, -0.2) is 12.7 Å². The van der Waals surface area contributed by atoms with Crippen LogP contribution in [0.2, 0.25) is 0 Å². The van der Waals surface area contributed by atoms with Gasteiger partial charge in [-0.3, -0.25) is 0 Å². The molecule has 0 N–H and O–H groups in total. The van der Waals surface area contributed by atoms with Gasteiger partial charge in [0.15, 0.2) is 0 Å². The maximum absolute atomic E-state index is 11.6. The molecule has 1 saturated heterocycles. The summed E-state index contributed by atoms with van der Waals surface area (Å²) in [6.45, 7) is 6.01. The minimum atomic E-state index is -3.01. The molecule has 0 aromatic heterocycles. The van der Waals surface area contributed by atoms with Crippen LogP contribution in [0, 0.1) is 5.41 Å². The largest absolute Gasteiger partial charge is 0.213 e. The van der Waals surface area contributed by atoms with E-state index in [-0.39, 0.29) is 0 Å². The summed E-state index contributed by atoms with van der Waals surface area (Å²) in [5.74, 6) is 0. The summed E-state index contributed by atoms with van der Waals surface area (Å²) in [5, 5.41) is 0. The molecule has 0 aromatic rings. The summed E-state index contributed by atoms with van der Waals surface area (Å²) in [6.07, 6.45) is 9.39. The van der Waals surface area contributed by atoms with Crippen LogP contribution in [-0.2, 0) is 10.0 Å². The molecule has 1 fully saturated rings. The number of rotatable bonds is 1. The Morgan fingerprint density at radius 2 is 1.41 bits per heavy atom. The first kappa shape index (κ1) is 15.0. The molecule has 1 aliphatic heterocycles. The predicted molar refractivity (Wildman–Crippen MR) is 72.5 cm³/mol. The van der Waals surface area contributed by atoms with Crippen molar-refractivity contribution in [3.05, 3.63) is 0 Å². The van der Waals surface area contributed by atoms with E-state index in [2.05, 4.69) is 13.8 Å². The van der Waals surface area contributed by atoms with Crippen LogP contribution in [0.15, 0.2) is 0 Å². The lowest BCUT2D eigenvalue weighted by molar-refractivity contribution is 0.279. The third kappa shape index (κ3) is 5.87. The Hall–Kier alpha value is -0.0900. The van der Waals surface area contributed by atoms with E-state index >= 15 is 0 Å². The van der Waals surface area contributed by atoms with Gasteiger partial charge in [-0.15, -0.1) is 0 Å². The molecule has 0 radical (unpaired) electrons. The van der Waals surface area contributed by atoms with Crippen molar-refractivity contribution in [3.8, 4) is 0 Å². The Bertz CT molecular complexity index is 322. The fourth-order valence-electron chi connectivity index (χ4n) is 2.55. The maximum Gasteiger partial charge on any atom is 0.211 e. The van der Waals surface area contributed by atoms with Gasteiger partial charge >= 0.3 is 0 Å². The lowest BCUT2D eigenvalue weighted by atomic mass is 9.82. The van der Waals surface area contributed by atoms with Gasteiger partial charge in [0.2, 0.25) is 10.0 Å². The lowest BCUT2D eigenvalue weighted by Crippen LogP contribution is -2.32. The highest BCUT2D eigenvalue weighted by molar-refractivity contribution is 7.88. The second-order valence-electron chi connectivity index (χ2n) is 6.09. The van der Waals surface area contributed by atoms with Gasteiger partial charge in [-0.05, 0) is 31.1 Å². The monoisotopic (exact) mass is 261 g/mol. The summed E-state index contributed by atoms with van der Waals surface area (Å²) < 4.78 is 24.9. The van der Waals surface area contributed by atoms with Crippen molar-refractivity contribution in [2.24, 2.45) is 5.41 Å². The van der Waals surface area contributed by atoms with E-state index in [1.54, 1.807) is 4.31 Å². The first-order chi connectivity index (χ1) is 7.81. The van der Waals surface area contributed by atoms with Crippen LogP contribution in [0.4, 0.5) is 0 Å².